The Morgan fingerprint density at radius 3 is 2.52 bits per heavy atom. The Kier molecular flexibility index (Phi) is 5.12. The molecule has 9 heteroatoms. The molecule has 1 atom stereocenters. The lowest BCUT2D eigenvalue weighted by molar-refractivity contribution is -0.272. The van der Waals surface area contributed by atoms with Gasteiger partial charge in [0.1, 0.15) is 5.82 Å². The maximum absolute atomic E-state index is 13.3. The molecule has 2 heterocycles. The van der Waals surface area contributed by atoms with Gasteiger partial charge in [0.2, 0.25) is 5.60 Å². The van der Waals surface area contributed by atoms with Gasteiger partial charge in [0.25, 0.3) is 0 Å². The molecule has 0 amide bonds. The molecule has 5 nitrogen and oxygen atoms in total. The van der Waals surface area contributed by atoms with E-state index in [0.717, 1.165) is 15.6 Å². The van der Waals surface area contributed by atoms with Gasteiger partial charge in [0.15, 0.2) is 0 Å². The number of nitrogens with zero attached hydrogens (tertiary/aromatic N) is 3. The van der Waals surface area contributed by atoms with Crippen LogP contribution < -0.4 is 5.32 Å². The lowest BCUT2D eigenvalue weighted by Gasteiger charge is -2.30. The SMILES string of the molecule is Cc1nc(C)c(CNCCC(O)(c2nccn2C)C(F)(F)F)s1. The normalized spacial score (nSPS) is 14.9. The monoisotopic (exact) mass is 348 g/mol. The Morgan fingerprint density at radius 1 is 1.35 bits per heavy atom. The van der Waals surface area contributed by atoms with Crippen LogP contribution in [0.15, 0.2) is 12.4 Å². The summed E-state index contributed by atoms with van der Waals surface area (Å²) in [5.41, 5.74) is -2.10. The van der Waals surface area contributed by atoms with E-state index in [1.807, 2.05) is 13.8 Å². The van der Waals surface area contributed by atoms with Crippen molar-refractivity contribution in [2.75, 3.05) is 6.54 Å². The van der Waals surface area contributed by atoms with Gasteiger partial charge in [-0.1, -0.05) is 0 Å². The molecule has 2 N–H and O–H groups in total. The summed E-state index contributed by atoms with van der Waals surface area (Å²) in [5, 5.41) is 14.0. The third kappa shape index (κ3) is 3.73. The first-order chi connectivity index (χ1) is 10.6. The second-order valence-electron chi connectivity index (χ2n) is 5.39. The molecule has 0 saturated carbocycles. The number of alkyl halides is 3. The van der Waals surface area contributed by atoms with Crippen molar-refractivity contribution in [3.63, 3.8) is 0 Å². The summed E-state index contributed by atoms with van der Waals surface area (Å²) in [6.07, 6.45) is -2.70. The number of aromatic nitrogens is 3. The van der Waals surface area contributed by atoms with Gasteiger partial charge in [-0.05, 0) is 20.4 Å². The molecule has 0 aliphatic carbocycles. The fourth-order valence-electron chi connectivity index (χ4n) is 2.35. The molecular weight excluding hydrogens is 329 g/mol. The molecule has 0 aromatic carbocycles. The average Bonchev–Trinajstić information content (AvgIpc) is 2.99. The van der Waals surface area contributed by atoms with Crippen molar-refractivity contribution < 1.29 is 18.3 Å². The molecule has 0 spiro atoms. The van der Waals surface area contributed by atoms with Gasteiger partial charge in [-0.15, -0.1) is 11.3 Å². The van der Waals surface area contributed by atoms with E-state index >= 15 is 0 Å². The summed E-state index contributed by atoms with van der Waals surface area (Å²) in [5.74, 6) is -0.406. The summed E-state index contributed by atoms with van der Waals surface area (Å²) in [4.78, 5) is 8.91. The summed E-state index contributed by atoms with van der Waals surface area (Å²) in [7, 11) is 1.43. The summed E-state index contributed by atoms with van der Waals surface area (Å²) in [6, 6.07) is 0. The van der Waals surface area contributed by atoms with Gasteiger partial charge in [-0.25, -0.2) is 9.97 Å². The van der Waals surface area contributed by atoms with E-state index in [1.165, 1.54) is 35.3 Å². The summed E-state index contributed by atoms with van der Waals surface area (Å²) in [6.45, 7) is 4.16. The molecular formula is C14H19F3N4OS. The molecule has 128 valence electrons. The van der Waals surface area contributed by atoms with Crippen molar-refractivity contribution >= 4 is 11.3 Å². The van der Waals surface area contributed by atoms with E-state index in [9.17, 15) is 18.3 Å². The third-order valence-corrected chi connectivity index (χ3v) is 4.68. The van der Waals surface area contributed by atoms with Crippen molar-refractivity contribution in [3.8, 4) is 0 Å². The number of halogens is 3. The first-order valence-corrected chi connectivity index (χ1v) is 7.87. The zero-order valence-corrected chi connectivity index (χ0v) is 13.9. The number of hydrogen-bond donors (Lipinski definition) is 2. The van der Waals surface area contributed by atoms with Crippen molar-refractivity contribution in [2.45, 2.75) is 38.6 Å². The van der Waals surface area contributed by atoms with Crippen molar-refractivity contribution in [1.29, 1.82) is 0 Å². The number of hydrogen-bond acceptors (Lipinski definition) is 5. The fraction of sp³-hybridized carbons (Fsp3) is 0.571. The number of thiazole rings is 1. The molecule has 23 heavy (non-hydrogen) atoms. The number of nitrogens with one attached hydrogen (secondary N) is 1. The number of rotatable bonds is 6. The average molecular weight is 348 g/mol. The van der Waals surface area contributed by atoms with Crippen molar-refractivity contribution in [1.82, 2.24) is 19.9 Å². The van der Waals surface area contributed by atoms with Crippen LogP contribution in [-0.4, -0.2) is 32.4 Å². The van der Waals surface area contributed by atoms with E-state index in [-0.39, 0.29) is 6.54 Å². The molecule has 0 bridgehead atoms. The zero-order valence-electron chi connectivity index (χ0n) is 13.1. The van der Waals surface area contributed by atoms with Crippen molar-refractivity contribution in [3.05, 3.63) is 33.8 Å². The van der Waals surface area contributed by atoms with E-state index in [0.29, 0.717) is 6.54 Å². The van der Waals surface area contributed by atoms with Gasteiger partial charge in [-0.2, -0.15) is 13.2 Å². The molecule has 2 rings (SSSR count). The van der Waals surface area contributed by atoms with Crippen LogP contribution in [0.25, 0.3) is 0 Å². The Balaban J connectivity index is 2.03. The van der Waals surface area contributed by atoms with E-state index in [4.69, 9.17) is 0 Å². The first kappa shape index (κ1) is 17.9. The summed E-state index contributed by atoms with van der Waals surface area (Å²) < 4.78 is 41.2. The fourth-order valence-corrected chi connectivity index (χ4v) is 3.26. The second-order valence-corrected chi connectivity index (χ2v) is 6.68. The minimum atomic E-state index is -4.80. The van der Waals surface area contributed by atoms with Crippen LogP contribution in [0.2, 0.25) is 0 Å². The van der Waals surface area contributed by atoms with Crippen LogP contribution in [-0.2, 0) is 19.2 Å². The Labute approximate surface area is 136 Å². The zero-order chi connectivity index (χ0) is 17.3. The minimum Gasteiger partial charge on any atom is -0.374 e. The van der Waals surface area contributed by atoms with E-state index in [2.05, 4.69) is 15.3 Å². The molecule has 0 saturated heterocycles. The molecule has 0 radical (unpaired) electrons. The number of imidazole rings is 1. The third-order valence-electron chi connectivity index (χ3n) is 3.61. The Bertz CT molecular complexity index is 667. The highest BCUT2D eigenvalue weighted by molar-refractivity contribution is 7.11. The predicted octanol–water partition coefficient (Wildman–Crippen LogP) is 2.42. The molecule has 1 unspecified atom stereocenters. The molecule has 0 aliphatic heterocycles. The molecule has 0 aliphatic rings. The largest absolute Gasteiger partial charge is 0.424 e. The van der Waals surface area contributed by atoms with Gasteiger partial charge in [-0.3, -0.25) is 0 Å². The van der Waals surface area contributed by atoms with Gasteiger partial charge < -0.3 is 15.0 Å². The maximum atomic E-state index is 13.3. The molecule has 2 aromatic heterocycles. The topological polar surface area (TPSA) is 63.0 Å². The first-order valence-electron chi connectivity index (χ1n) is 7.05. The highest BCUT2D eigenvalue weighted by atomic mass is 32.1. The Morgan fingerprint density at radius 2 is 2.04 bits per heavy atom. The van der Waals surface area contributed by atoms with Gasteiger partial charge in [0, 0.05) is 37.3 Å². The quantitative estimate of drug-likeness (QED) is 0.787. The van der Waals surface area contributed by atoms with Crippen LogP contribution in [0.3, 0.4) is 0 Å². The standard InChI is InChI=1S/C14H19F3N4OS/c1-9-11(23-10(2)20-9)8-18-5-4-13(22,14(15,16)17)12-19-6-7-21(12)3/h6-7,18,22H,4-5,8H2,1-3H3. The number of aryl methyl sites for hydroxylation is 3. The van der Waals surface area contributed by atoms with Crippen LogP contribution >= 0.6 is 11.3 Å². The summed E-state index contributed by atoms with van der Waals surface area (Å²) >= 11 is 1.50. The van der Waals surface area contributed by atoms with Crippen LogP contribution in [0.5, 0.6) is 0 Å². The molecule has 2 aromatic rings. The highest BCUT2D eigenvalue weighted by Crippen LogP contribution is 2.40. The Hall–Kier alpha value is -1.45. The lowest BCUT2D eigenvalue weighted by Crippen LogP contribution is -2.46. The number of aliphatic hydroxyl groups is 1. The van der Waals surface area contributed by atoms with Crippen LogP contribution in [0.1, 0.15) is 27.8 Å². The van der Waals surface area contributed by atoms with Gasteiger partial charge >= 0.3 is 6.18 Å². The van der Waals surface area contributed by atoms with Crippen LogP contribution in [0.4, 0.5) is 13.2 Å². The smallest absolute Gasteiger partial charge is 0.374 e. The van der Waals surface area contributed by atoms with Crippen LogP contribution in [0, 0.1) is 13.8 Å². The van der Waals surface area contributed by atoms with Crippen molar-refractivity contribution in [2.24, 2.45) is 7.05 Å². The van der Waals surface area contributed by atoms with E-state index < -0.39 is 24.0 Å². The van der Waals surface area contributed by atoms with Gasteiger partial charge in [0.05, 0.1) is 10.7 Å². The lowest BCUT2D eigenvalue weighted by atomic mass is 9.97. The second kappa shape index (κ2) is 6.58. The van der Waals surface area contributed by atoms with E-state index in [1.54, 1.807) is 0 Å². The predicted molar refractivity (Wildman–Crippen MR) is 81.1 cm³/mol. The minimum absolute atomic E-state index is 0.000736. The molecule has 0 fully saturated rings. The maximum Gasteiger partial charge on any atom is 0.424 e. The highest BCUT2D eigenvalue weighted by Gasteiger charge is 2.56.